The van der Waals surface area contributed by atoms with Crippen LogP contribution in [-0.2, 0) is 9.59 Å². The lowest BCUT2D eigenvalue weighted by atomic mass is 9.91. The van der Waals surface area contributed by atoms with Gasteiger partial charge in [-0.05, 0) is 44.2 Å². The molecule has 0 radical (unpaired) electrons. The van der Waals surface area contributed by atoms with E-state index in [-0.39, 0.29) is 23.8 Å². The summed E-state index contributed by atoms with van der Waals surface area (Å²) in [5.74, 6) is -0.788. The number of rotatable bonds is 5. The summed E-state index contributed by atoms with van der Waals surface area (Å²) in [5, 5.41) is 12.2. The van der Waals surface area contributed by atoms with Crippen molar-refractivity contribution in [2.75, 3.05) is 26.2 Å². The van der Waals surface area contributed by atoms with Crippen LogP contribution in [0.5, 0.6) is 0 Å². The van der Waals surface area contributed by atoms with Crippen LogP contribution in [0.2, 0.25) is 0 Å². The predicted octanol–water partition coefficient (Wildman–Crippen LogP) is 0.699. The highest BCUT2D eigenvalue weighted by Gasteiger charge is 2.58. The molecule has 1 saturated carbocycles. The lowest BCUT2D eigenvalue weighted by molar-refractivity contribution is -0.145. The fourth-order valence-corrected chi connectivity index (χ4v) is 3.09. The van der Waals surface area contributed by atoms with Crippen molar-refractivity contribution in [1.82, 2.24) is 10.2 Å². The Morgan fingerprint density at radius 3 is 2.61 bits per heavy atom. The quantitative estimate of drug-likeness (QED) is 0.757. The van der Waals surface area contributed by atoms with Crippen LogP contribution in [-0.4, -0.2) is 48.1 Å². The molecule has 0 aromatic heterocycles. The first-order chi connectivity index (χ1) is 8.59. The zero-order chi connectivity index (χ0) is 13.2. The number of hydrogen-bond acceptors (Lipinski definition) is 3. The van der Waals surface area contributed by atoms with Crippen LogP contribution in [0.3, 0.4) is 0 Å². The molecule has 102 valence electrons. The number of carboxylic acid groups (broad SMARTS) is 1. The van der Waals surface area contributed by atoms with Gasteiger partial charge in [0.1, 0.15) is 6.54 Å². The summed E-state index contributed by atoms with van der Waals surface area (Å²) >= 11 is 0. The van der Waals surface area contributed by atoms with Crippen molar-refractivity contribution in [1.29, 1.82) is 0 Å². The highest BCUT2D eigenvalue weighted by atomic mass is 16.4. The van der Waals surface area contributed by atoms with Crippen molar-refractivity contribution in [3.8, 4) is 0 Å². The maximum Gasteiger partial charge on any atom is 0.323 e. The number of hydrogen-bond donors (Lipinski definition) is 2. The zero-order valence-corrected chi connectivity index (χ0v) is 10.9. The number of nitrogens with one attached hydrogen (secondary N) is 1. The van der Waals surface area contributed by atoms with E-state index in [1.807, 2.05) is 6.92 Å². The van der Waals surface area contributed by atoms with Gasteiger partial charge in [-0.15, -0.1) is 0 Å². The number of carbonyl (C=O) groups excluding carboxylic acids is 1. The number of nitrogens with zero attached hydrogens (tertiary/aromatic N) is 1. The second-order valence-electron chi connectivity index (χ2n) is 5.52. The maximum atomic E-state index is 12.3. The highest BCUT2D eigenvalue weighted by molar-refractivity contribution is 5.86. The summed E-state index contributed by atoms with van der Waals surface area (Å²) in [4.78, 5) is 24.7. The zero-order valence-electron chi connectivity index (χ0n) is 10.9. The monoisotopic (exact) mass is 254 g/mol. The Balaban J connectivity index is 1.95. The molecule has 0 aromatic carbocycles. The third-order valence-corrected chi connectivity index (χ3v) is 4.22. The molecule has 1 aliphatic heterocycles. The van der Waals surface area contributed by atoms with E-state index in [2.05, 4.69) is 5.32 Å². The number of aliphatic carboxylic acids is 1. The molecule has 2 fully saturated rings. The summed E-state index contributed by atoms with van der Waals surface area (Å²) in [6.45, 7) is 4.33. The molecule has 18 heavy (non-hydrogen) atoms. The van der Waals surface area contributed by atoms with Crippen molar-refractivity contribution in [3.63, 3.8) is 0 Å². The summed E-state index contributed by atoms with van der Waals surface area (Å²) in [7, 11) is 0. The summed E-state index contributed by atoms with van der Waals surface area (Å²) in [6, 6.07) is 0. The van der Waals surface area contributed by atoms with E-state index in [9.17, 15) is 9.59 Å². The van der Waals surface area contributed by atoms with E-state index in [1.165, 1.54) is 4.90 Å². The minimum absolute atomic E-state index is 0.0566. The van der Waals surface area contributed by atoms with Crippen molar-refractivity contribution in [2.24, 2.45) is 11.3 Å². The molecule has 1 atom stereocenters. The van der Waals surface area contributed by atoms with Crippen molar-refractivity contribution >= 4 is 11.9 Å². The van der Waals surface area contributed by atoms with Crippen LogP contribution in [0.15, 0.2) is 0 Å². The summed E-state index contributed by atoms with van der Waals surface area (Å²) < 4.78 is 0. The molecule has 2 N–H and O–H groups in total. The van der Waals surface area contributed by atoms with E-state index < -0.39 is 5.97 Å². The van der Waals surface area contributed by atoms with E-state index in [0.717, 1.165) is 38.8 Å². The third kappa shape index (κ3) is 2.66. The van der Waals surface area contributed by atoms with Crippen LogP contribution in [0, 0.1) is 11.3 Å². The van der Waals surface area contributed by atoms with Gasteiger partial charge < -0.3 is 15.3 Å². The molecule has 1 heterocycles. The first kappa shape index (κ1) is 13.3. The first-order valence-corrected chi connectivity index (χ1v) is 6.80. The average Bonchev–Trinajstić information content (AvgIpc) is 3.02. The Morgan fingerprint density at radius 1 is 1.39 bits per heavy atom. The Hall–Kier alpha value is -1.10. The molecule has 2 aliphatic rings. The van der Waals surface area contributed by atoms with Crippen LogP contribution in [0.25, 0.3) is 0 Å². The van der Waals surface area contributed by atoms with Gasteiger partial charge in [-0.25, -0.2) is 0 Å². The molecule has 5 nitrogen and oxygen atoms in total. The molecule has 0 aromatic rings. The predicted molar refractivity (Wildman–Crippen MR) is 67.2 cm³/mol. The smallest absolute Gasteiger partial charge is 0.323 e. The molecule has 5 heteroatoms. The molecular formula is C13H22N2O3. The molecule has 1 unspecified atom stereocenters. The molecule has 1 amide bonds. The van der Waals surface area contributed by atoms with Crippen molar-refractivity contribution in [3.05, 3.63) is 0 Å². The third-order valence-electron chi connectivity index (χ3n) is 4.22. The van der Waals surface area contributed by atoms with Gasteiger partial charge in [-0.2, -0.15) is 0 Å². The minimum atomic E-state index is -0.920. The minimum Gasteiger partial charge on any atom is -0.480 e. The Morgan fingerprint density at radius 2 is 2.06 bits per heavy atom. The largest absolute Gasteiger partial charge is 0.480 e. The Bertz CT molecular complexity index is 337. The SMILES string of the molecule is CCCN(CC(=O)O)C(=O)C1CC12CCNCC2. The standard InChI is InChI=1S/C13H22N2O3/c1-2-7-15(9-11(16)17)12(18)10-8-13(10)3-5-14-6-4-13/h10,14H,2-9H2,1H3,(H,16,17). The van der Waals surface area contributed by atoms with Crippen LogP contribution < -0.4 is 5.32 Å². The van der Waals surface area contributed by atoms with Crippen molar-refractivity contribution < 1.29 is 14.7 Å². The molecule has 1 aliphatic carbocycles. The highest BCUT2D eigenvalue weighted by Crippen LogP contribution is 2.59. The van der Waals surface area contributed by atoms with E-state index >= 15 is 0 Å². The van der Waals surface area contributed by atoms with E-state index in [0.29, 0.717) is 6.54 Å². The first-order valence-electron chi connectivity index (χ1n) is 6.80. The van der Waals surface area contributed by atoms with Crippen LogP contribution in [0.4, 0.5) is 0 Å². The van der Waals surface area contributed by atoms with Gasteiger partial charge in [0.25, 0.3) is 0 Å². The summed E-state index contributed by atoms with van der Waals surface area (Å²) in [5.41, 5.74) is 0.187. The van der Waals surface area contributed by atoms with Gasteiger partial charge in [0.05, 0.1) is 0 Å². The van der Waals surface area contributed by atoms with E-state index in [1.54, 1.807) is 0 Å². The molecule has 0 bridgehead atoms. The summed E-state index contributed by atoms with van der Waals surface area (Å²) in [6.07, 6.45) is 3.86. The lowest BCUT2D eigenvalue weighted by Gasteiger charge is -2.26. The number of carbonyl (C=O) groups is 2. The van der Waals surface area contributed by atoms with E-state index in [4.69, 9.17) is 5.11 Å². The average molecular weight is 254 g/mol. The van der Waals surface area contributed by atoms with Gasteiger partial charge in [-0.1, -0.05) is 6.92 Å². The van der Waals surface area contributed by atoms with Gasteiger partial charge >= 0.3 is 5.97 Å². The number of amides is 1. The molecule has 2 rings (SSSR count). The van der Waals surface area contributed by atoms with Gasteiger partial charge in [0, 0.05) is 12.5 Å². The van der Waals surface area contributed by atoms with Crippen LogP contribution in [0.1, 0.15) is 32.6 Å². The molecule has 1 saturated heterocycles. The Kier molecular flexibility index (Phi) is 3.90. The van der Waals surface area contributed by atoms with Gasteiger partial charge in [0.15, 0.2) is 0 Å². The Labute approximate surface area is 108 Å². The number of piperidine rings is 1. The molecule has 1 spiro atoms. The molecular weight excluding hydrogens is 232 g/mol. The van der Waals surface area contributed by atoms with Gasteiger partial charge in [0.2, 0.25) is 5.91 Å². The second-order valence-corrected chi connectivity index (χ2v) is 5.52. The van der Waals surface area contributed by atoms with Gasteiger partial charge in [-0.3, -0.25) is 9.59 Å². The van der Waals surface area contributed by atoms with Crippen LogP contribution >= 0.6 is 0 Å². The van der Waals surface area contributed by atoms with Crippen molar-refractivity contribution in [2.45, 2.75) is 32.6 Å². The second kappa shape index (κ2) is 5.26. The lowest BCUT2D eigenvalue weighted by Crippen LogP contribution is -2.39. The maximum absolute atomic E-state index is 12.3. The fourth-order valence-electron chi connectivity index (χ4n) is 3.09. The normalized spacial score (nSPS) is 24.8. The topological polar surface area (TPSA) is 69.6 Å². The fraction of sp³-hybridized carbons (Fsp3) is 0.846. The number of carboxylic acids is 1.